The van der Waals surface area contributed by atoms with E-state index in [0.717, 1.165) is 6.20 Å². The topological polar surface area (TPSA) is 45.8 Å². The molecule has 3 nitrogen and oxygen atoms in total. The van der Waals surface area contributed by atoms with Gasteiger partial charge in [0.15, 0.2) is 0 Å². The number of halogens is 1. The minimum atomic E-state index is -0.517. The van der Waals surface area contributed by atoms with Crippen LogP contribution in [0.2, 0.25) is 0 Å². The average molecular weight is 164 g/mol. The molecule has 60 valence electrons. The third-order valence-corrected chi connectivity index (χ3v) is 1.63. The van der Waals surface area contributed by atoms with E-state index in [2.05, 4.69) is 10.2 Å². The van der Waals surface area contributed by atoms with Gasteiger partial charge in [0, 0.05) is 0 Å². The highest BCUT2D eigenvalue weighted by atomic mass is 19.1. The van der Waals surface area contributed by atoms with E-state index in [-0.39, 0.29) is 5.39 Å². The van der Waals surface area contributed by atoms with Crippen molar-refractivity contribution in [1.82, 2.24) is 10.2 Å². The summed E-state index contributed by atoms with van der Waals surface area (Å²) in [6, 6.07) is 4.37. The molecule has 0 saturated heterocycles. The van der Waals surface area contributed by atoms with Gasteiger partial charge in [0.2, 0.25) is 5.43 Å². The highest BCUT2D eigenvalue weighted by molar-refractivity contribution is 5.77. The maximum absolute atomic E-state index is 13.0. The van der Waals surface area contributed by atoms with Crippen LogP contribution in [0.5, 0.6) is 0 Å². The molecule has 0 atom stereocenters. The first-order chi connectivity index (χ1) is 5.79. The molecule has 0 radical (unpaired) electrons. The smallest absolute Gasteiger partial charge is 0.210 e. The van der Waals surface area contributed by atoms with Gasteiger partial charge in [-0.1, -0.05) is 6.07 Å². The highest BCUT2D eigenvalue weighted by Crippen LogP contribution is 2.08. The Hall–Kier alpha value is -1.71. The van der Waals surface area contributed by atoms with E-state index in [1.54, 1.807) is 6.07 Å². The molecule has 1 aromatic carbocycles. The first-order valence-electron chi connectivity index (χ1n) is 3.41. The summed E-state index contributed by atoms with van der Waals surface area (Å²) in [4.78, 5) is 11.1. The second-order valence-electron chi connectivity index (χ2n) is 2.40. The lowest BCUT2D eigenvalue weighted by Gasteiger charge is -1.95. The quantitative estimate of drug-likeness (QED) is 0.632. The Morgan fingerprint density at radius 1 is 1.42 bits per heavy atom. The third kappa shape index (κ3) is 0.887. The number of aromatic nitrogens is 2. The van der Waals surface area contributed by atoms with Crippen LogP contribution in [0.1, 0.15) is 0 Å². The van der Waals surface area contributed by atoms with Crippen LogP contribution < -0.4 is 5.43 Å². The Morgan fingerprint density at radius 2 is 2.25 bits per heavy atom. The number of hydrogen-bond acceptors (Lipinski definition) is 2. The van der Waals surface area contributed by atoms with E-state index in [1.807, 2.05) is 0 Å². The molecule has 1 aromatic heterocycles. The fourth-order valence-electron chi connectivity index (χ4n) is 1.09. The van der Waals surface area contributed by atoms with Crippen molar-refractivity contribution >= 4 is 10.9 Å². The van der Waals surface area contributed by atoms with Crippen LogP contribution in [0.3, 0.4) is 0 Å². The summed E-state index contributed by atoms with van der Waals surface area (Å²) in [5.41, 5.74) is 0.0179. The van der Waals surface area contributed by atoms with Gasteiger partial charge in [-0.05, 0) is 12.1 Å². The molecule has 0 saturated carbocycles. The molecule has 0 spiro atoms. The number of nitrogens with zero attached hydrogens (tertiary/aromatic N) is 1. The van der Waals surface area contributed by atoms with Crippen LogP contribution >= 0.6 is 0 Å². The number of aromatic amines is 1. The van der Waals surface area contributed by atoms with E-state index < -0.39 is 11.2 Å². The van der Waals surface area contributed by atoms with E-state index in [9.17, 15) is 9.18 Å². The zero-order chi connectivity index (χ0) is 8.55. The Labute approximate surface area is 66.8 Å². The van der Waals surface area contributed by atoms with Crippen molar-refractivity contribution in [3.05, 3.63) is 40.4 Å². The van der Waals surface area contributed by atoms with Crippen LogP contribution in [0.4, 0.5) is 4.39 Å². The molecule has 0 aliphatic heterocycles. The van der Waals surface area contributed by atoms with Gasteiger partial charge in [-0.15, -0.1) is 0 Å². The van der Waals surface area contributed by atoms with Crippen molar-refractivity contribution in [2.24, 2.45) is 0 Å². The van der Waals surface area contributed by atoms with Crippen LogP contribution in [0, 0.1) is 5.82 Å². The minimum absolute atomic E-state index is 0.0625. The van der Waals surface area contributed by atoms with Crippen molar-refractivity contribution in [3.63, 3.8) is 0 Å². The largest absolute Gasteiger partial charge is 0.287 e. The van der Waals surface area contributed by atoms with Gasteiger partial charge in [-0.3, -0.25) is 9.89 Å². The van der Waals surface area contributed by atoms with Crippen molar-refractivity contribution < 1.29 is 4.39 Å². The number of rotatable bonds is 0. The number of H-pyrrole nitrogens is 1. The summed E-state index contributed by atoms with van der Waals surface area (Å²) in [7, 11) is 0. The van der Waals surface area contributed by atoms with Gasteiger partial charge in [0.25, 0.3) is 0 Å². The molecule has 1 heterocycles. The second kappa shape index (κ2) is 2.41. The molecular weight excluding hydrogens is 159 g/mol. The van der Waals surface area contributed by atoms with Gasteiger partial charge in [-0.2, -0.15) is 5.10 Å². The van der Waals surface area contributed by atoms with E-state index >= 15 is 0 Å². The Balaban J connectivity index is 3.07. The molecule has 12 heavy (non-hydrogen) atoms. The Kier molecular flexibility index (Phi) is 1.40. The lowest BCUT2D eigenvalue weighted by molar-refractivity contribution is 0.638. The Bertz CT molecular complexity index is 472. The van der Waals surface area contributed by atoms with Crippen molar-refractivity contribution in [2.45, 2.75) is 0 Å². The van der Waals surface area contributed by atoms with Gasteiger partial charge < -0.3 is 0 Å². The molecule has 0 bridgehead atoms. The van der Waals surface area contributed by atoms with Gasteiger partial charge in [0.05, 0.1) is 17.1 Å². The van der Waals surface area contributed by atoms with E-state index in [0.29, 0.717) is 5.52 Å². The number of fused-ring (bicyclic) bond motifs is 1. The molecule has 0 aliphatic rings. The molecule has 0 unspecified atom stereocenters. The first-order valence-corrected chi connectivity index (χ1v) is 3.41. The molecule has 0 fully saturated rings. The summed E-state index contributed by atoms with van der Waals surface area (Å²) in [6.07, 6.45) is 1.06. The Morgan fingerprint density at radius 3 is 3.00 bits per heavy atom. The predicted octanol–water partition coefficient (Wildman–Crippen LogP) is 1.06. The van der Waals surface area contributed by atoms with Crippen LogP contribution in [0.15, 0.2) is 29.2 Å². The molecule has 0 aliphatic carbocycles. The fourth-order valence-corrected chi connectivity index (χ4v) is 1.09. The zero-order valence-electron chi connectivity index (χ0n) is 6.04. The number of nitrogens with one attached hydrogen (secondary N) is 1. The number of benzene rings is 1. The van der Waals surface area contributed by atoms with Crippen LogP contribution in [-0.2, 0) is 0 Å². The maximum atomic E-state index is 13.0. The fraction of sp³-hybridized carbons (Fsp3) is 0. The van der Waals surface area contributed by atoms with Crippen molar-refractivity contribution in [1.29, 1.82) is 0 Å². The van der Waals surface area contributed by atoms with Gasteiger partial charge in [0.1, 0.15) is 5.82 Å². The molecule has 4 heteroatoms. The normalized spacial score (nSPS) is 10.4. The SMILES string of the molecule is O=c1cn[nH]c2cccc(F)c12. The summed E-state index contributed by atoms with van der Waals surface area (Å²) in [6.45, 7) is 0. The molecule has 0 amide bonds. The molecule has 1 N–H and O–H groups in total. The molecular formula is C8H5FN2O. The van der Waals surface area contributed by atoms with Crippen molar-refractivity contribution in [3.8, 4) is 0 Å². The summed E-state index contributed by atoms with van der Waals surface area (Å²) in [5, 5.41) is 6.15. The van der Waals surface area contributed by atoms with Gasteiger partial charge >= 0.3 is 0 Å². The predicted molar refractivity (Wildman–Crippen MR) is 42.3 cm³/mol. The average Bonchev–Trinajstić information content (AvgIpc) is 2.04. The third-order valence-electron chi connectivity index (χ3n) is 1.63. The standard InChI is InChI=1S/C8H5FN2O/c9-5-2-1-3-6-8(5)7(12)4-10-11-6/h1-4H,(H,11,12). The summed E-state index contributed by atoms with van der Waals surface area (Å²) in [5.74, 6) is -0.517. The maximum Gasteiger partial charge on any atom is 0.210 e. The van der Waals surface area contributed by atoms with Crippen LogP contribution in [0.25, 0.3) is 10.9 Å². The zero-order valence-corrected chi connectivity index (χ0v) is 6.04. The number of hydrogen-bond donors (Lipinski definition) is 1. The lowest BCUT2D eigenvalue weighted by atomic mass is 10.2. The lowest BCUT2D eigenvalue weighted by Crippen LogP contribution is -2.04. The molecule has 2 aromatic rings. The summed E-state index contributed by atoms with van der Waals surface area (Å²) < 4.78 is 13.0. The monoisotopic (exact) mass is 164 g/mol. The van der Waals surface area contributed by atoms with Crippen molar-refractivity contribution in [2.75, 3.05) is 0 Å². The first kappa shape index (κ1) is 6.97. The molecule has 2 rings (SSSR count). The summed E-state index contributed by atoms with van der Waals surface area (Å²) >= 11 is 0. The second-order valence-corrected chi connectivity index (χ2v) is 2.40. The van der Waals surface area contributed by atoms with Crippen LogP contribution in [-0.4, -0.2) is 10.2 Å². The van der Waals surface area contributed by atoms with E-state index in [4.69, 9.17) is 0 Å². The highest BCUT2D eigenvalue weighted by Gasteiger charge is 2.02. The van der Waals surface area contributed by atoms with E-state index in [1.165, 1.54) is 12.1 Å². The minimum Gasteiger partial charge on any atom is -0.287 e. The van der Waals surface area contributed by atoms with Gasteiger partial charge in [-0.25, -0.2) is 4.39 Å².